The van der Waals surface area contributed by atoms with Gasteiger partial charge in [-0.2, -0.15) is 0 Å². The Morgan fingerprint density at radius 2 is 1.56 bits per heavy atom. The highest BCUT2D eigenvalue weighted by Crippen LogP contribution is 2.08. The second kappa shape index (κ2) is 5.87. The molecule has 1 heterocycles. The zero-order valence-electron chi connectivity index (χ0n) is 10.0. The molecule has 5 heteroatoms. The first-order valence-electron chi connectivity index (χ1n) is 5.93. The molecule has 0 aliphatic carbocycles. The highest BCUT2D eigenvalue weighted by Gasteiger charge is 2.22. The van der Waals surface area contributed by atoms with Crippen LogP contribution < -0.4 is 0 Å². The van der Waals surface area contributed by atoms with Crippen LogP contribution in [0.2, 0.25) is 0 Å². The van der Waals surface area contributed by atoms with Crippen molar-refractivity contribution in [2.24, 2.45) is 0 Å². The van der Waals surface area contributed by atoms with E-state index in [1.807, 2.05) is 30.3 Å². The van der Waals surface area contributed by atoms with Crippen LogP contribution in [0.4, 0.5) is 4.79 Å². The Labute approximate surface area is 111 Å². The minimum atomic E-state index is -0.440. The second-order valence-corrected chi connectivity index (χ2v) is 4.61. The minimum Gasteiger partial charge on any atom is -0.339 e. The standard InChI is InChI=1S/C13H15ClN2O2/c14-13(18)16-8-6-15(7-9-16)12(17)10-11-4-2-1-3-5-11/h1-5H,6-10H2. The van der Waals surface area contributed by atoms with Crippen LogP contribution in [-0.2, 0) is 11.2 Å². The number of benzene rings is 1. The van der Waals surface area contributed by atoms with Gasteiger partial charge < -0.3 is 9.80 Å². The number of nitrogens with zero attached hydrogens (tertiary/aromatic N) is 2. The predicted octanol–water partition coefficient (Wildman–Crippen LogP) is 1.73. The molecule has 0 N–H and O–H groups in total. The summed E-state index contributed by atoms with van der Waals surface area (Å²) in [6.45, 7) is 2.15. The van der Waals surface area contributed by atoms with Crippen LogP contribution in [-0.4, -0.2) is 47.3 Å². The highest BCUT2D eigenvalue weighted by molar-refractivity contribution is 6.62. The molecule has 0 atom stereocenters. The summed E-state index contributed by atoms with van der Waals surface area (Å²) in [4.78, 5) is 26.3. The van der Waals surface area contributed by atoms with E-state index >= 15 is 0 Å². The number of hydrogen-bond donors (Lipinski definition) is 0. The van der Waals surface area contributed by atoms with Gasteiger partial charge in [0.25, 0.3) is 0 Å². The van der Waals surface area contributed by atoms with Gasteiger partial charge in [-0.25, -0.2) is 0 Å². The van der Waals surface area contributed by atoms with E-state index in [4.69, 9.17) is 11.6 Å². The fourth-order valence-electron chi connectivity index (χ4n) is 2.01. The maximum atomic E-state index is 12.0. The topological polar surface area (TPSA) is 40.6 Å². The number of carbonyl (C=O) groups is 2. The van der Waals surface area contributed by atoms with Crippen molar-refractivity contribution >= 4 is 22.9 Å². The SMILES string of the molecule is O=C(Cl)N1CCN(C(=O)Cc2ccccc2)CC1. The first-order chi connectivity index (χ1) is 8.66. The summed E-state index contributed by atoms with van der Waals surface area (Å²) >= 11 is 5.40. The van der Waals surface area contributed by atoms with Crippen molar-refractivity contribution < 1.29 is 9.59 Å². The normalized spacial score (nSPS) is 15.6. The van der Waals surface area contributed by atoms with E-state index in [1.165, 1.54) is 0 Å². The Balaban J connectivity index is 1.86. The van der Waals surface area contributed by atoms with E-state index in [-0.39, 0.29) is 5.91 Å². The minimum absolute atomic E-state index is 0.0999. The van der Waals surface area contributed by atoms with E-state index in [1.54, 1.807) is 9.80 Å². The van der Waals surface area contributed by atoms with E-state index < -0.39 is 5.37 Å². The molecule has 0 bridgehead atoms. The van der Waals surface area contributed by atoms with Gasteiger partial charge in [0.1, 0.15) is 0 Å². The van der Waals surface area contributed by atoms with Crippen molar-refractivity contribution in [2.75, 3.05) is 26.2 Å². The molecule has 4 nitrogen and oxygen atoms in total. The molecular formula is C13H15ClN2O2. The van der Waals surface area contributed by atoms with Gasteiger partial charge in [0.15, 0.2) is 0 Å². The molecule has 0 radical (unpaired) electrons. The summed E-state index contributed by atoms with van der Waals surface area (Å²) in [7, 11) is 0. The number of hydrogen-bond acceptors (Lipinski definition) is 2. The molecule has 1 aromatic rings. The quantitative estimate of drug-likeness (QED) is 0.604. The average Bonchev–Trinajstić information content (AvgIpc) is 2.40. The van der Waals surface area contributed by atoms with Gasteiger partial charge in [0.05, 0.1) is 6.42 Å². The number of halogens is 1. The van der Waals surface area contributed by atoms with Gasteiger partial charge in [-0.05, 0) is 17.2 Å². The van der Waals surface area contributed by atoms with Crippen molar-refractivity contribution in [3.8, 4) is 0 Å². The Kier molecular flexibility index (Phi) is 4.20. The second-order valence-electron chi connectivity index (χ2n) is 4.28. The lowest BCUT2D eigenvalue weighted by atomic mass is 10.1. The average molecular weight is 267 g/mol. The van der Waals surface area contributed by atoms with Crippen molar-refractivity contribution in [1.29, 1.82) is 0 Å². The summed E-state index contributed by atoms with van der Waals surface area (Å²) in [5.41, 5.74) is 1.01. The van der Waals surface area contributed by atoms with E-state index in [9.17, 15) is 9.59 Å². The van der Waals surface area contributed by atoms with Crippen molar-refractivity contribution in [3.05, 3.63) is 35.9 Å². The van der Waals surface area contributed by atoms with Crippen molar-refractivity contribution in [1.82, 2.24) is 9.80 Å². The highest BCUT2D eigenvalue weighted by atomic mass is 35.5. The lowest BCUT2D eigenvalue weighted by Crippen LogP contribution is -2.49. The van der Waals surface area contributed by atoms with Gasteiger partial charge in [0.2, 0.25) is 5.91 Å². The molecule has 2 amide bonds. The van der Waals surface area contributed by atoms with Gasteiger partial charge in [0, 0.05) is 26.2 Å². The molecule has 0 aromatic heterocycles. The maximum Gasteiger partial charge on any atom is 0.316 e. The molecule has 1 aliphatic heterocycles. The predicted molar refractivity (Wildman–Crippen MR) is 69.5 cm³/mol. The molecule has 18 heavy (non-hydrogen) atoms. The van der Waals surface area contributed by atoms with Crippen molar-refractivity contribution in [2.45, 2.75) is 6.42 Å². The molecule has 2 rings (SSSR count). The van der Waals surface area contributed by atoms with Gasteiger partial charge >= 0.3 is 5.37 Å². The van der Waals surface area contributed by atoms with Gasteiger partial charge in [-0.3, -0.25) is 9.59 Å². The zero-order chi connectivity index (χ0) is 13.0. The molecule has 0 unspecified atom stereocenters. The Bertz CT molecular complexity index is 428. The Morgan fingerprint density at radius 3 is 2.11 bits per heavy atom. The summed E-state index contributed by atoms with van der Waals surface area (Å²) in [6.07, 6.45) is 0.412. The molecule has 0 spiro atoms. The smallest absolute Gasteiger partial charge is 0.316 e. The number of rotatable bonds is 2. The number of amides is 2. The first-order valence-corrected chi connectivity index (χ1v) is 6.31. The third-order valence-corrected chi connectivity index (χ3v) is 3.32. The van der Waals surface area contributed by atoms with Crippen LogP contribution in [0, 0.1) is 0 Å². The Morgan fingerprint density at radius 1 is 1.00 bits per heavy atom. The van der Waals surface area contributed by atoms with Crippen LogP contribution in [0.1, 0.15) is 5.56 Å². The molecule has 96 valence electrons. The van der Waals surface area contributed by atoms with Gasteiger partial charge in [-0.1, -0.05) is 30.3 Å². The van der Waals surface area contributed by atoms with Gasteiger partial charge in [-0.15, -0.1) is 0 Å². The van der Waals surface area contributed by atoms with Crippen LogP contribution in [0.3, 0.4) is 0 Å². The molecule has 0 saturated carbocycles. The third-order valence-electron chi connectivity index (χ3n) is 3.08. The van der Waals surface area contributed by atoms with Crippen LogP contribution in [0.5, 0.6) is 0 Å². The first kappa shape index (κ1) is 12.9. The summed E-state index contributed by atoms with van der Waals surface area (Å²) in [6, 6.07) is 9.66. The maximum absolute atomic E-state index is 12.0. The lowest BCUT2D eigenvalue weighted by molar-refractivity contribution is -0.131. The van der Waals surface area contributed by atoms with Crippen LogP contribution >= 0.6 is 11.6 Å². The molecular weight excluding hydrogens is 252 g/mol. The van der Waals surface area contributed by atoms with E-state index in [0.717, 1.165) is 5.56 Å². The molecule has 1 saturated heterocycles. The fourth-order valence-corrected chi connectivity index (χ4v) is 2.18. The third kappa shape index (κ3) is 3.23. The van der Waals surface area contributed by atoms with Crippen LogP contribution in [0.25, 0.3) is 0 Å². The van der Waals surface area contributed by atoms with Crippen LogP contribution in [0.15, 0.2) is 30.3 Å². The largest absolute Gasteiger partial charge is 0.339 e. The Hall–Kier alpha value is -1.55. The monoisotopic (exact) mass is 266 g/mol. The number of carbonyl (C=O) groups excluding carboxylic acids is 2. The summed E-state index contributed by atoms with van der Waals surface area (Å²) < 4.78 is 0. The van der Waals surface area contributed by atoms with Crippen molar-refractivity contribution in [3.63, 3.8) is 0 Å². The fraction of sp³-hybridized carbons (Fsp3) is 0.385. The number of piperazine rings is 1. The summed E-state index contributed by atoms with van der Waals surface area (Å²) in [5, 5.41) is -0.440. The molecule has 1 fully saturated rings. The molecule has 1 aliphatic rings. The summed E-state index contributed by atoms with van der Waals surface area (Å²) in [5.74, 6) is 0.0999. The molecule has 1 aromatic carbocycles. The van der Waals surface area contributed by atoms with E-state index in [2.05, 4.69) is 0 Å². The lowest BCUT2D eigenvalue weighted by Gasteiger charge is -2.33. The van der Waals surface area contributed by atoms with E-state index in [0.29, 0.717) is 32.6 Å². The zero-order valence-corrected chi connectivity index (χ0v) is 10.8.